The Kier molecular flexibility index (Phi) is 7.18. The quantitative estimate of drug-likeness (QED) is 0.328. The lowest BCUT2D eigenvalue weighted by Gasteiger charge is -2.29. The number of rotatable bonds is 8. The molecule has 3 heterocycles. The Labute approximate surface area is 222 Å². The maximum Gasteiger partial charge on any atom is 0.226 e. The Morgan fingerprint density at radius 2 is 1.76 bits per heavy atom. The molecule has 0 unspecified atom stereocenters. The van der Waals surface area contributed by atoms with Crippen molar-refractivity contribution in [3.63, 3.8) is 0 Å². The number of pyridine rings is 1. The minimum Gasteiger partial charge on any atom is -0.378 e. The van der Waals surface area contributed by atoms with E-state index in [4.69, 9.17) is 12.2 Å². The van der Waals surface area contributed by atoms with Gasteiger partial charge in [-0.1, -0.05) is 24.3 Å². The molecule has 7 nitrogen and oxygen atoms in total. The number of hydrogen-bond acceptors (Lipinski definition) is 4. The maximum absolute atomic E-state index is 12.8. The standard InChI is InChI=1S/C29H30N6OS/c1-33(2)22-13-15-23(16-14-22)34-19-8-12-25(34)28-27(24-11-6-7-18-30-24)32-29(37)35(28)20-17-26(36)31-21-9-4-3-5-10-21/h3-16,18-19,27-28H,17,20H2,1-2H3,(H,31,36)(H,32,37)/t27-,28-/m1/s1. The van der Waals surface area contributed by atoms with Crippen LogP contribution in [0.1, 0.15) is 29.9 Å². The molecule has 2 atom stereocenters. The van der Waals surface area contributed by atoms with E-state index in [2.05, 4.69) is 66.5 Å². The molecule has 2 aromatic carbocycles. The second kappa shape index (κ2) is 10.8. The van der Waals surface area contributed by atoms with E-state index in [1.165, 1.54) is 0 Å². The predicted octanol–water partition coefficient (Wildman–Crippen LogP) is 4.94. The first-order valence-corrected chi connectivity index (χ1v) is 12.7. The van der Waals surface area contributed by atoms with Crippen LogP contribution >= 0.6 is 12.2 Å². The van der Waals surface area contributed by atoms with E-state index in [1.807, 2.05) is 68.7 Å². The van der Waals surface area contributed by atoms with E-state index < -0.39 is 0 Å². The third kappa shape index (κ3) is 5.34. The molecular formula is C29H30N6OS. The van der Waals surface area contributed by atoms with Crippen LogP contribution in [0.5, 0.6) is 0 Å². The zero-order valence-electron chi connectivity index (χ0n) is 20.9. The van der Waals surface area contributed by atoms with Crippen molar-refractivity contribution in [3.8, 4) is 5.69 Å². The van der Waals surface area contributed by atoms with Crippen LogP contribution in [0.3, 0.4) is 0 Å². The van der Waals surface area contributed by atoms with Crippen molar-refractivity contribution in [3.05, 3.63) is 109 Å². The number of aromatic nitrogens is 2. The van der Waals surface area contributed by atoms with Crippen LogP contribution in [0.25, 0.3) is 5.69 Å². The molecule has 1 fully saturated rings. The fourth-order valence-electron chi connectivity index (χ4n) is 4.72. The molecule has 1 amide bonds. The Hall–Kier alpha value is -4.17. The molecule has 1 aliphatic heterocycles. The normalized spacial score (nSPS) is 16.9. The number of benzene rings is 2. The second-order valence-corrected chi connectivity index (χ2v) is 9.58. The Bertz CT molecular complexity index is 1350. The molecule has 0 saturated carbocycles. The first-order chi connectivity index (χ1) is 18.0. The van der Waals surface area contributed by atoms with Crippen LogP contribution in [0.2, 0.25) is 0 Å². The summed E-state index contributed by atoms with van der Waals surface area (Å²) in [6.07, 6.45) is 4.17. The third-order valence-electron chi connectivity index (χ3n) is 6.56. The number of nitrogens with one attached hydrogen (secondary N) is 2. The predicted molar refractivity (Wildman–Crippen MR) is 152 cm³/mol. The zero-order valence-corrected chi connectivity index (χ0v) is 21.7. The van der Waals surface area contributed by atoms with Gasteiger partial charge in [-0.15, -0.1) is 0 Å². The average molecular weight is 511 g/mol. The van der Waals surface area contributed by atoms with Gasteiger partial charge in [0.05, 0.1) is 17.8 Å². The van der Waals surface area contributed by atoms with Crippen LogP contribution in [0, 0.1) is 0 Å². The zero-order chi connectivity index (χ0) is 25.8. The fraction of sp³-hybridized carbons (Fsp3) is 0.207. The minimum atomic E-state index is -0.152. The highest BCUT2D eigenvalue weighted by molar-refractivity contribution is 7.80. The molecule has 1 aliphatic rings. The number of carbonyl (C=O) groups excluding carboxylic acids is 1. The molecule has 0 spiro atoms. The van der Waals surface area contributed by atoms with Gasteiger partial charge in [-0.25, -0.2) is 0 Å². The highest BCUT2D eigenvalue weighted by Crippen LogP contribution is 2.39. The van der Waals surface area contributed by atoms with Gasteiger partial charge >= 0.3 is 0 Å². The highest BCUT2D eigenvalue weighted by Gasteiger charge is 2.41. The van der Waals surface area contributed by atoms with Gasteiger partial charge < -0.3 is 25.0 Å². The molecular weight excluding hydrogens is 480 g/mol. The van der Waals surface area contributed by atoms with Crippen molar-refractivity contribution in [2.24, 2.45) is 0 Å². The number of nitrogens with zero attached hydrogens (tertiary/aromatic N) is 4. The smallest absolute Gasteiger partial charge is 0.226 e. The first-order valence-electron chi connectivity index (χ1n) is 12.3. The summed E-state index contributed by atoms with van der Waals surface area (Å²) in [5.41, 5.74) is 4.96. The summed E-state index contributed by atoms with van der Waals surface area (Å²) in [4.78, 5) is 21.6. The lowest BCUT2D eigenvalue weighted by molar-refractivity contribution is -0.116. The largest absolute Gasteiger partial charge is 0.378 e. The molecule has 0 radical (unpaired) electrons. The summed E-state index contributed by atoms with van der Waals surface area (Å²) in [6, 6.07) is 27.7. The second-order valence-electron chi connectivity index (χ2n) is 9.20. The van der Waals surface area contributed by atoms with Crippen molar-refractivity contribution in [1.82, 2.24) is 19.8 Å². The maximum atomic E-state index is 12.8. The molecule has 2 aromatic heterocycles. The molecule has 2 N–H and O–H groups in total. The van der Waals surface area contributed by atoms with Crippen molar-refractivity contribution >= 4 is 34.6 Å². The lowest BCUT2D eigenvalue weighted by atomic mass is 10.0. The summed E-state index contributed by atoms with van der Waals surface area (Å²) in [7, 11) is 4.06. The van der Waals surface area contributed by atoms with Crippen molar-refractivity contribution in [2.75, 3.05) is 30.9 Å². The summed E-state index contributed by atoms with van der Waals surface area (Å²) < 4.78 is 2.19. The lowest BCUT2D eigenvalue weighted by Crippen LogP contribution is -2.33. The molecule has 188 valence electrons. The van der Waals surface area contributed by atoms with Crippen LogP contribution in [0.15, 0.2) is 97.3 Å². The third-order valence-corrected chi connectivity index (χ3v) is 6.92. The van der Waals surface area contributed by atoms with Crippen molar-refractivity contribution < 1.29 is 4.79 Å². The summed E-state index contributed by atoms with van der Waals surface area (Å²) in [5, 5.41) is 7.07. The molecule has 0 bridgehead atoms. The minimum absolute atomic E-state index is 0.0521. The molecule has 4 aromatic rings. The van der Waals surface area contributed by atoms with Gasteiger partial charge in [0.1, 0.15) is 0 Å². The van der Waals surface area contributed by atoms with E-state index >= 15 is 0 Å². The van der Waals surface area contributed by atoms with Gasteiger partial charge in [0, 0.05) is 62.2 Å². The van der Waals surface area contributed by atoms with E-state index in [1.54, 1.807) is 6.20 Å². The topological polar surface area (TPSA) is 65.4 Å². The average Bonchev–Trinajstić information content (AvgIpc) is 3.52. The number of carbonyl (C=O) groups is 1. The SMILES string of the molecule is CN(C)c1ccc(-n2cccc2[C@@H]2[C@@H](c3ccccn3)NC(=S)N2CCC(=O)Nc2ccccc2)cc1. The Balaban J connectivity index is 1.44. The first kappa shape index (κ1) is 24.5. The number of amides is 1. The van der Waals surface area contributed by atoms with Crippen LogP contribution < -0.4 is 15.5 Å². The fourth-order valence-corrected chi connectivity index (χ4v) is 5.05. The van der Waals surface area contributed by atoms with Gasteiger partial charge in [-0.2, -0.15) is 0 Å². The van der Waals surface area contributed by atoms with E-state index in [9.17, 15) is 4.79 Å². The highest BCUT2D eigenvalue weighted by atomic mass is 32.1. The number of para-hydroxylation sites is 1. The van der Waals surface area contributed by atoms with E-state index in [0.29, 0.717) is 18.1 Å². The van der Waals surface area contributed by atoms with Gasteiger partial charge in [0.25, 0.3) is 0 Å². The Morgan fingerprint density at radius 1 is 1.00 bits per heavy atom. The van der Waals surface area contributed by atoms with Crippen LogP contribution in [-0.4, -0.2) is 46.1 Å². The van der Waals surface area contributed by atoms with E-state index in [-0.39, 0.29) is 18.0 Å². The van der Waals surface area contributed by atoms with E-state index in [0.717, 1.165) is 28.5 Å². The summed E-state index contributed by atoms with van der Waals surface area (Å²) in [6.45, 7) is 0.475. The van der Waals surface area contributed by atoms with Crippen molar-refractivity contribution in [1.29, 1.82) is 0 Å². The molecule has 0 aliphatic carbocycles. The Morgan fingerprint density at radius 3 is 2.46 bits per heavy atom. The summed E-state index contributed by atoms with van der Waals surface area (Å²) >= 11 is 5.80. The van der Waals surface area contributed by atoms with Gasteiger partial charge in [0.2, 0.25) is 5.91 Å². The monoisotopic (exact) mass is 510 g/mol. The number of hydrogen-bond donors (Lipinski definition) is 2. The molecule has 1 saturated heterocycles. The molecule has 8 heteroatoms. The summed E-state index contributed by atoms with van der Waals surface area (Å²) in [5.74, 6) is -0.0521. The van der Waals surface area contributed by atoms with Crippen molar-refractivity contribution in [2.45, 2.75) is 18.5 Å². The van der Waals surface area contributed by atoms with Gasteiger partial charge in [-0.3, -0.25) is 9.78 Å². The van der Waals surface area contributed by atoms with Gasteiger partial charge in [-0.05, 0) is 72.9 Å². The van der Waals surface area contributed by atoms with Gasteiger partial charge in [0.15, 0.2) is 5.11 Å². The molecule has 5 rings (SSSR count). The van der Waals surface area contributed by atoms with Crippen LogP contribution in [-0.2, 0) is 4.79 Å². The van der Waals surface area contributed by atoms with Crippen LogP contribution in [0.4, 0.5) is 11.4 Å². The number of thiocarbonyl (C=S) groups is 1. The molecule has 37 heavy (non-hydrogen) atoms. The number of anilines is 2.